The molecule has 0 bridgehead atoms. The molecule has 0 aliphatic rings. The Hall–Kier alpha value is -0.910. The molecule has 1 heterocycles. The summed E-state index contributed by atoms with van der Waals surface area (Å²) in [6.45, 7) is -0.260. The summed E-state index contributed by atoms with van der Waals surface area (Å²) in [5.74, 6) is 0.374. The largest absolute Gasteiger partial charge is 0.433 e. The fourth-order valence-electron chi connectivity index (χ4n) is 2.12. The van der Waals surface area contributed by atoms with Crippen molar-refractivity contribution in [2.24, 2.45) is 4.99 Å². The first-order valence-electron chi connectivity index (χ1n) is 7.73. The highest BCUT2D eigenvalue weighted by atomic mass is 127. The molecular formula is C16H19Cl2F2IN4OS. The molecule has 27 heavy (non-hydrogen) atoms. The van der Waals surface area contributed by atoms with Crippen molar-refractivity contribution in [1.29, 1.82) is 0 Å². The van der Waals surface area contributed by atoms with Gasteiger partial charge in [-0.15, -0.1) is 35.3 Å². The smallest absolute Gasteiger partial charge is 0.387 e. The highest BCUT2D eigenvalue weighted by Gasteiger charge is 2.15. The molecule has 2 aromatic rings. The molecule has 150 valence electrons. The van der Waals surface area contributed by atoms with Gasteiger partial charge >= 0.3 is 6.61 Å². The zero-order valence-corrected chi connectivity index (χ0v) is 19.2. The average Bonchev–Trinajstić information content (AvgIpc) is 3.05. The molecule has 1 aromatic carbocycles. The minimum Gasteiger partial charge on any atom is -0.433 e. The molecule has 0 radical (unpaired) electrons. The molecule has 0 unspecified atom stereocenters. The third-order valence-electron chi connectivity index (χ3n) is 3.32. The number of guanidine groups is 1. The maximum atomic E-state index is 12.6. The van der Waals surface area contributed by atoms with E-state index in [1.165, 1.54) is 17.0 Å². The third-order valence-corrected chi connectivity index (χ3v) is 4.96. The third kappa shape index (κ3) is 7.55. The lowest BCUT2D eigenvalue weighted by molar-refractivity contribution is -0.0504. The Morgan fingerprint density at radius 2 is 2.00 bits per heavy atom. The number of nitrogens with one attached hydrogen (secondary N) is 2. The van der Waals surface area contributed by atoms with E-state index in [4.69, 9.17) is 23.2 Å². The number of hydrogen-bond acceptors (Lipinski definition) is 4. The van der Waals surface area contributed by atoms with Crippen LogP contribution < -0.4 is 15.4 Å². The van der Waals surface area contributed by atoms with Gasteiger partial charge in [-0.1, -0.05) is 30.1 Å². The van der Waals surface area contributed by atoms with Crippen molar-refractivity contribution >= 4 is 64.5 Å². The van der Waals surface area contributed by atoms with Gasteiger partial charge in [0.1, 0.15) is 10.8 Å². The van der Waals surface area contributed by atoms with Crippen LogP contribution in [0.1, 0.15) is 22.4 Å². The summed E-state index contributed by atoms with van der Waals surface area (Å²) in [5.41, 5.74) is 0.397. The van der Waals surface area contributed by atoms with E-state index >= 15 is 0 Å². The van der Waals surface area contributed by atoms with E-state index in [0.717, 1.165) is 11.4 Å². The second kappa shape index (κ2) is 11.8. The highest BCUT2D eigenvalue weighted by Crippen LogP contribution is 2.33. The van der Waals surface area contributed by atoms with Gasteiger partial charge in [-0.2, -0.15) is 8.78 Å². The van der Waals surface area contributed by atoms with Crippen molar-refractivity contribution in [3.8, 4) is 5.75 Å². The van der Waals surface area contributed by atoms with Crippen LogP contribution in [-0.2, 0) is 19.5 Å². The molecule has 2 N–H and O–H groups in total. The van der Waals surface area contributed by atoms with Crippen molar-refractivity contribution in [3.63, 3.8) is 0 Å². The van der Waals surface area contributed by atoms with Crippen molar-refractivity contribution in [3.05, 3.63) is 43.8 Å². The van der Waals surface area contributed by atoms with Crippen LogP contribution in [0.15, 0.2) is 23.3 Å². The van der Waals surface area contributed by atoms with E-state index < -0.39 is 6.61 Å². The SMILES string of the molecule is CCc1cnc(CNC(=NC)NCc2cc(Cl)cc(Cl)c2OC(F)F)s1.I. The Morgan fingerprint density at radius 3 is 2.59 bits per heavy atom. The second-order valence-corrected chi connectivity index (χ2v) is 7.15. The summed E-state index contributed by atoms with van der Waals surface area (Å²) in [6.07, 6.45) is 2.78. The summed E-state index contributed by atoms with van der Waals surface area (Å²) < 4.78 is 29.7. The van der Waals surface area contributed by atoms with E-state index in [1.807, 2.05) is 6.20 Å². The molecule has 0 amide bonds. The first-order valence-corrected chi connectivity index (χ1v) is 9.31. The lowest BCUT2D eigenvalue weighted by atomic mass is 10.2. The van der Waals surface area contributed by atoms with Crippen LogP contribution in [0, 0.1) is 0 Å². The zero-order chi connectivity index (χ0) is 19.1. The van der Waals surface area contributed by atoms with E-state index in [9.17, 15) is 8.78 Å². The second-order valence-electron chi connectivity index (χ2n) is 5.11. The Bertz CT molecular complexity index is 777. The number of ether oxygens (including phenoxy) is 1. The Kier molecular flexibility index (Phi) is 10.6. The molecule has 0 aliphatic heterocycles. The van der Waals surface area contributed by atoms with Crippen LogP contribution >= 0.6 is 58.5 Å². The van der Waals surface area contributed by atoms with Gasteiger partial charge < -0.3 is 15.4 Å². The Morgan fingerprint density at radius 1 is 1.30 bits per heavy atom. The van der Waals surface area contributed by atoms with E-state index in [2.05, 4.69) is 32.3 Å². The summed E-state index contributed by atoms with van der Waals surface area (Å²) in [7, 11) is 1.61. The number of nitrogens with zero attached hydrogens (tertiary/aromatic N) is 2. The molecule has 0 atom stereocenters. The number of aromatic nitrogens is 1. The maximum absolute atomic E-state index is 12.6. The predicted molar refractivity (Wildman–Crippen MR) is 117 cm³/mol. The van der Waals surface area contributed by atoms with Crippen LogP contribution in [0.25, 0.3) is 0 Å². The summed E-state index contributed by atoms with van der Waals surface area (Å²) in [4.78, 5) is 9.61. The van der Waals surface area contributed by atoms with Gasteiger partial charge in [-0.05, 0) is 18.6 Å². The minimum absolute atomic E-state index is 0. The van der Waals surface area contributed by atoms with Crippen molar-refractivity contribution in [1.82, 2.24) is 15.6 Å². The van der Waals surface area contributed by atoms with Crippen molar-refractivity contribution in [2.45, 2.75) is 33.0 Å². The van der Waals surface area contributed by atoms with Crippen LogP contribution in [0.3, 0.4) is 0 Å². The lowest BCUT2D eigenvalue weighted by Gasteiger charge is -2.15. The van der Waals surface area contributed by atoms with Gasteiger partial charge in [0.05, 0.1) is 11.6 Å². The molecule has 1 aromatic heterocycles. The number of aryl methyl sites for hydroxylation is 1. The monoisotopic (exact) mass is 550 g/mol. The van der Waals surface area contributed by atoms with Crippen molar-refractivity contribution in [2.75, 3.05) is 7.05 Å². The number of aliphatic imine (C=N–C) groups is 1. The van der Waals surface area contributed by atoms with E-state index in [0.29, 0.717) is 23.1 Å². The number of rotatable bonds is 7. The Balaban J connectivity index is 0.00000364. The quantitative estimate of drug-likeness (QED) is 0.286. The Labute approximate surface area is 187 Å². The average molecular weight is 551 g/mol. The number of benzene rings is 1. The summed E-state index contributed by atoms with van der Waals surface area (Å²) in [5, 5.41) is 7.41. The first-order chi connectivity index (χ1) is 12.4. The molecule has 5 nitrogen and oxygen atoms in total. The van der Waals surface area contributed by atoms with Gasteiger partial charge in [-0.25, -0.2) is 4.98 Å². The number of hydrogen-bond donors (Lipinski definition) is 2. The van der Waals surface area contributed by atoms with E-state index in [-0.39, 0.29) is 41.3 Å². The fourth-order valence-corrected chi connectivity index (χ4v) is 3.50. The minimum atomic E-state index is -2.98. The van der Waals surface area contributed by atoms with E-state index in [1.54, 1.807) is 18.4 Å². The standard InChI is InChI=1S/C16H18Cl2F2N4OS.HI/c1-3-11-7-22-13(26-11)8-24-16(21-2)23-6-9-4-10(17)5-12(18)14(9)25-15(19)20;/h4-5,7,15H,3,6,8H2,1-2H3,(H2,21,23,24);1H. The molecule has 11 heteroatoms. The normalized spacial score (nSPS) is 11.3. The van der Waals surface area contributed by atoms with Crippen LogP contribution in [0.5, 0.6) is 5.75 Å². The zero-order valence-electron chi connectivity index (χ0n) is 14.6. The van der Waals surface area contributed by atoms with Gasteiger partial charge in [-0.3, -0.25) is 4.99 Å². The van der Waals surface area contributed by atoms with Gasteiger partial charge in [0.25, 0.3) is 0 Å². The molecular weight excluding hydrogens is 532 g/mol. The molecule has 0 saturated carbocycles. The highest BCUT2D eigenvalue weighted by molar-refractivity contribution is 14.0. The van der Waals surface area contributed by atoms with Crippen LogP contribution in [-0.4, -0.2) is 24.6 Å². The topological polar surface area (TPSA) is 58.5 Å². The molecule has 0 saturated heterocycles. The number of thiazole rings is 1. The first kappa shape index (κ1) is 24.1. The van der Waals surface area contributed by atoms with Crippen molar-refractivity contribution < 1.29 is 13.5 Å². The maximum Gasteiger partial charge on any atom is 0.387 e. The summed E-state index contributed by atoms with van der Waals surface area (Å²) in [6, 6.07) is 2.87. The predicted octanol–water partition coefficient (Wildman–Crippen LogP) is 5.10. The number of halogens is 5. The molecule has 0 spiro atoms. The summed E-state index contributed by atoms with van der Waals surface area (Å²) >= 11 is 13.5. The molecule has 0 aliphatic carbocycles. The number of alkyl halides is 2. The van der Waals surface area contributed by atoms with Crippen LogP contribution in [0.4, 0.5) is 8.78 Å². The molecule has 2 rings (SSSR count). The fraction of sp³-hybridized carbons (Fsp3) is 0.375. The van der Waals surface area contributed by atoms with Crippen LogP contribution in [0.2, 0.25) is 10.0 Å². The molecule has 0 fully saturated rings. The lowest BCUT2D eigenvalue weighted by Crippen LogP contribution is -2.36. The van der Waals surface area contributed by atoms with Gasteiger partial charge in [0.15, 0.2) is 5.96 Å². The van der Waals surface area contributed by atoms with Gasteiger partial charge in [0.2, 0.25) is 0 Å². The van der Waals surface area contributed by atoms with Gasteiger partial charge in [0, 0.05) is 35.3 Å².